The summed E-state index contributed by atoms with van der Waals surface area (Å²) in [5.74, 6) is 0. The highest BCUT2D eigenvalue weighted by atomic mass is 16.6. The number of nitro benzene ring substituents is 1. The second kappa shape index (κ2) is 6.96. The highest BCUT2D eigenvalue weighted by molar-refractivity contribution is 5.65. The summed E-state index contributed by atoms with van der Waals surface area (Å²) in [6, 6.07) is 6.52. The van der Waals surface area contributed by atoms with Gasteiger partial charge < -0.3 is 10.1 Å². The van der Waals surface area contributed by atoms with Crippen LogP contribution < -0.4 is 5.32 Å². The number of aryl methyl sites for hydroxylation is 1. The molecule has 0 saturated carbocycles. The first-order valence-electron chi connectivity index (χ1n) is 6.59. The van der Waals surface area contributed by atoms with Gasteiger partial charge in [0.25, 0.3) is 5.69 Å². The zero-order valence-corrected chi connectivity index (χ0v) is 12.1. The standard InChI is InChI=1S/C14H18N4O3/c1-17-10-12(9-15-6-7-21-2)14(16-17)11-4-3-5-13(8-11)18(19)20/h3-5,8,10,15H,6-7,9H2,1-2H3. The van der Waals surface area contributed by atoms with Crippen LogP contribution in [0.4, 0.5) is 5.69 Å². The smallest absolute Gasteiger partial charge is 0.270 e. The van der Waals surface area contributed by atoms with Crippen LogP contribution in [0.2, 0.25) is 0 Å². The van der Waals surface area contributed by atoms with E-state index in [4.69, 9.17) is 4.74 Å². The fourth-order valence-corrected chi connectivity index (χ4v) is 2.07. The van der Waals surface area contributed by atoms with Gasteiger partial charge in [0.1, 0.15) is 0 Å². The van der Waals surface area contributed by atoms with Gasteiger partial charge in [-0.1, -0.05) is 12.1 Å². The van der Waals surface area contributed by atoms with Gasteiger partial charge in [0.15, 0.2) is 0 Å². The molecule has 0 unspecified atom stereocenters. The van der Waals surface area contributed by atoms with Crippen molar-refractivity contribution in [3.63, 3.8) is 0 Å². The van der Waals surface area contributed by atoms with Crippen molar-refractivity contribution in [2.45, 2.75) is 6.54 Å². The maximum absolute atomic E-state index is 10.9. The SMILES string of the molecule is COCCNCc1cn(C)nc1-c1cccc([N+](=O)[O-])c1. The summed E-state index contributed by atoms with van der Waals surface area (Å²) in [6.45, 7) is 2.00. The second-order valence-corrected chi connectivity index (χ2v) is 4.65. The van der Waals surface area contributed by atoms with Crippen molar-refractivity contribution in [3.8, 4) is 11.3 Å². The number of nitrogens with zero attached hydrogens (tertiary/aromatic N) is 3. The molecule has 1 aromatic heterocycles. The Morgan fingerprint density at radius 2 is 2.29 bits per heavy atom. The van der Waals surface area contributed by atoms with Crippen LogP contribution in [0.3, 0.4) is 0 Å². The molecule has 2 aromatic rings. The summed E-state index contributed by atoms with van der Waals surface area (Å²) in [5, 5.41) is 18.5. The molecule has 0 aliphatic rings. The first kappa shape index (κ1) is 15.1. The minimum atomic E-state index is -0.400. The lowest BCUT2D eigenvalue weighted by Gasteiger charge is -2.04. The van der Waals surface area contributed by atoms with E-state index < -0.39 is 4.92 Å². The highest BCUT2D eigenvalue weighted by Gasteiger charge is 2.13. The monoisotopic (exact) mass is 290 g/mol. The van der Waals surface area contributed by atoms with Gasteiger partial charge >= 0.3 is 0 Å². The topological polar surface area (TPSA) is 82.2 Å². The molecule has 2 rings (SSSR count). The molecule has 1 heterocycles. The summed E-state index contributed by atoms with van der Waals surface area (Å²) in [7, 11) is 3.49. The van der Waals surface area contributed by atoms with E-state index in [1.807, 2.05) is 19.3 Å². The summed E-state index contributed by atoms with van der Waals surface area (Å²) in [4.78, 5) is 10.5. The lowest BCUT2D eigenvalue weighted by molar-refractivity contribution is -0.384. The molecule has 1 aromatic carbocycles. The number of hydrogen-bond acceptors (Lipinski definition) is 5. The second-order valence-electron chi connectivity index (χ2n) is 4.65. The molecule has 0 fully saturated rings. The average Bonchev–Trinajstić information content (AvgIpc) is 2.85. The van der Waals surface area contributed by atoms with E-state index in [0.717, 1.165) is 23.4 Å². The van der Waals surface area contributed by atoms with Crippen LogP contribution in [0.5, 0.6) is 0 Å². The molecule has 0 atom stereocenters. The van der Waals surface area contributed by atoms with Gasteiger partial charge in [-0.15, -0.1) is 0 Å². The number of hydrogen-bond donors (Lipinski definition) is 1. The lowest BCUT2D eigenvalue weighted by atomic mass is 10.1. The van der Waals surface area contributed by atoms with Crippen LogP contribution in [-0.4, -0.2) is 35.0 Å². The number of ether oxygens (including phenoxy) is 1. The molecule has 1 N–H and O–H groups in total. The van der Waals surface area contributed by atoms with Crippen molar-refractivity contribution in [3.05, 3.63) is 46.1 Å². The third-order valence-corrected chi connectivity index (χ3v) is 3.03. The van der Waals surface area contributed by atoms with Crippen LogP contribution >= 0.6 is 0 Å². The largest absolute Gasteiger partial charge is 0.383 e. The minimum absolute atomic E-state index is 0.0662. The molecule has 7 heteroatoms. The fourth-order valence-electron chi connectivity index (χ4n) is 2.07. The summed E-state index contributed by atoms with van der Waals surface area (Å²) in [5.41, 5.74) is 2.56. The number of methoxy groups -OCH3 is 1. The van der Waals surface area contributed by atoms with Crippen molar-refractivity contribution in [2.75, 3.05) is 20.3 Å². The fraction of sp³-hybridized carbons (Fsp3) is 0.357. The van der Waals surface area contributed by atoms with Gasteiger partial charge in [-0.25, -0.2) is 0 Å². The predicted molar refractivity (Wildman–Crippen MR) is 78.9 cm³/mol. The number of nitrogens with one attached hydrogen (secondary N) is 1. The van der Waals surface area contributed by atoms with Crippen LogP contribution in [0.25, 0.3) is 11.3 Å². The van der Waals surface area contributed by atoms with E-state index in [2.05, 4.69) is 10.4 Å². The van der Waals surface area contributed by atoms with Crippen molar-refractivity contribution in [2.24, 2.45) is 7.05 Å². The highest BCUT2D eigenvalue weighted by Crippen LogP contribution is 2.25. The van der Waals surface area contributed by atoms with Gasteiger partial charge in [-0.05, 0) is 0 Å². The van der Waals surface area contributed by atoms with Gasteiger partial charge in [-0.2, -0.15) is 5.10 Å². The first-order valence-corrected chi connectivity index (χ1v) is 6.59. The van der Waals surface area contributed by atoms with E-state index in [0.29, 0.717) is 13.2 Å². The Bertz CT molecular complexity index is 624. The van der Waals surface area contributed by atoms with Crippen molar-refractivity contribution >= 4 is 5.69 Å². The molecular weight excluding hydrogens is 272 g/mol. The van der Waals surface area contributed by atoms with Crippen molar-refractivity contribution in [1.29, 1.82) is 0 Å². The normalized spacial score (nSPS) is 10.8. The Kier molecular flexibility index (Phi) is 5.02. The van der Waals surface area contributed by atoms with E-state index in [-0.39, 0.29) is 5.69 Å². The summed E-state index contributed by atoms with van der Waals surface area (Å²) >= 11 is 0. The minimum Gasteiger partial charge on any atom is -0.383 e. The Balaban J connectivity index is 2.22. The van der Waals surface area contributed by atoms with Gasteiger partial charge in [0.2, 0.25) is 0 Å². The third kappa shape index (κ3) is 3.87. The molecule has 0 radical (unpaired) electrons. The molecular formula is C14H18N4O3. The van der Waals surface area contributed by atoms with Gasteiger partial charge in [0, 0.05) is 56.7 Å². The van der Waals surface area contributed by atoms with E-state index >= 15 is 0 Å². The predicted octanol–water partition coefficient (Wildman–Crippen LogP) is 1.73. The molecule has 0 saturated heterocycles. The summed E-state index contributed by atoms with van der Waals surface area (Å²) in [6.07, 6.45) is 1.91. The molecule has 0 amide bonds. The van der Waals surface area contributed by atoms with Crippen LogP contribution in [0, 0.1) is 10.1 Å². The third-order valence-electron chi connectivity index (χ3n) is 3.03. The van der Waals surface area contributed by atoms with Crippen LogP contribution in [0.1, 0.15) is 5.56 Å². The van der Waals surface area contributed by atoms with E-state index in [1.54, 1.807) is 23.9 Å². The summed E-state index contributed by atoms with van der Waals surface area (Å²) < 4.78 is 6.69. The van der Waals surface area contributed by atoms with Crippen LogP contribution in [-0.2, 0) is 18.3 Å². The average molecular weight is 290 g/mol. The number of non-ortho nitro benzene ring substituents is 1. The quantitative estimate of drug-likeness (QED) is 0.477. The van der Waals surface area contributed by atoms with Crippen molar-refractivity contribution < 1.29 is 9.66 Å². The number of nitro groups is 1. The molecule has 112 valence electrons. The van der Waals surface area contributed by atoms with Crippen LogP contribution in [0.15, 0.2) is 30.5 Å². The van der Waals surface area contributed by atoms with Gasteiger partial charge in [0.05, 0.1) is 17.2 Å². The molecule has 0 aliphatic carbocycles. The molecule has 21 heavy (non-hydrogen) atoms. The molecule has 0 spiro atoms. The number of rotatable bonds is 7. The van der Waals surface area contributed by atoms with Gasteiger partial charge in [-0.3, -0.25) is 14.8 Å². The maximum Gasteiger partial charge on any atom is 0.270 e. The van der Waals surface area contributed by atoms with E-state index in [1.165, 1.54) is 6.07 Å². The van der Waals surface area contributed by atoms with E-state index in [9.17, 15) is 10.1 Å². The Hall–Kier alpha value is -2.25. The first-order chi connectivity index (χ1) is 10.1. The molecule has 0 aliphatic heterocycles. The number of benzene rings is 1. The van der Waals surface area contributed by atoms with Crippen molar-refractivity contribution in [1.82, 2.24) is 15.1 Å². The Morgan fingerprint density at radius 3 is 3.00 bits per heavy atom. The number of aromatic nitrogens is 2. The Labute approximate surface area is 122 Å². The molecule has 0 bridgehead atoms. The molecule has 7 nitrogen and oxygen atoms in total. The zero-order chi connectivity index (χ0) is 15.2. The zero-order valence-electron chi connectivity index (χ0n) is 12.1. The lowest BCUT2D eigenvalue weighted by Crippen LogP contribution is -2.18. The maximum atomic E-state index is 10.9. The Morgan fingerprint density at radius 1 is 1.48 bits per heavy atom.